The second-order valence-electron chi connectivity index (χ2n) is 15.2. The molecule has 0 radical (unpaired) electrons. The van der Waals surface area contributed by atoms with Crippen LogP contribution in [0.3, 0.4) is 0 Å². The molecule has 0 bridgehead atoms. The summed E-state index contributed by atoms with van der Waals surface area (Å²) in [5.41, 5.74) is -2.19. The van der Waals surface area contributed by atoms with Crippen molar-refractivity contribution in [2.75, 3.05) is 13.2 Å². The van der Waals surface area contributed by atoms with E-state index < -0.39 is 80.7 Å². The monoisotopic (exact) mass is 914 g/mol. The van der Waals surface area contributed by atoms with E-state index in [0.29, 0.717) is 31.7 Å². The Morgan fingerprint density at radius 1 is 1.06 bits per heavy atom. The minimum atomic E-state index is -4.84. The van der Waals surface area contributed by atoms with E-state index >= 15 is 4.57 Å². The number of rotatable bonds is 24. The number of hydrogen-bond acceptors (Lipinski definition) is 14. The van der Waals surface area contributed by atoms with E-state index in [0.717, 1.165) is 37.8 Å². The van der Waals surface area contributed by atoms with E-state index in [1.807, 2.05) is 27.7 Å². The van der Waals surface area contributed by atoms with Crippen LogP contribution < -0.4 is 15.5 Å². The van der Waals surface area contributed by atoms with Crippen LogP contribution in [0.2, 0.25) is 0 Å². The van der Waals surface area contributed by atoms with Crippen molar-refractivity contribution in [3.63, 3.8) is 0 Å². The minimum absolute atomic E-state index is 0.00283. The molecule has 21 heteroatoms. The molecule has 3 heterocycles. The lowest BCUT2D eigenvalue weighted by Crippen LogP contribution is -2.46. The summed E-state index contributed by atoms with van der Waals surface area (Å²) < 4.78 is 95.8. The summed E-state index contributed by atoms with van der Waals surface area (Å²) in [6, 6.07) is 8.94. The van der Waals surface area contributed by atoms with Crippen molar-refractivity contribution >= 4 is 36.9 Å². The van der Waals surface area contributed by atoms with Crippen LogP contribution in [-0.4, -0.2) is 68.7 Å². The van der Waals surface area contributed by atoms with E-state index in [4.69, 9.17) is 40.3 Å². The molecule has 1 fully saturated rings. The lowest BCUT2D eigenvalue weighted by atomic mass is 9.99. The first-order valence-electron chi connectivity index (χ1n) is 21.2. The molecule has 5 rings (SSSR count). The number of nitrogens with two attached hydrogens (primary N) is 1. The number of imidazole rings is 1. The van der Waals surface area contributed by atoms with E-state index in [9.17, 15) is 22.8 Å². The molecule has 346 valence electrons. The van der Waals surface area contributed by atoms with Crippen molar-refractivity contribution in [3.05, 3.63) is 78.1 Å². The lowest BCUT2D eigenvalue weighted by molar-refractivity contribution is -0.147. The number of fused-ring (bicyclic) bond motifs is 1. The number of carbonyl (C=O) groups is 2. The van der Waals surface area contributed by atoms with Crippen molar-refractivity contribution in [2.45, 2.75) is 122 Å². The van der Waals surface area contributed by atoms with E-state index in [2.05, 4.69) is 36.3 Å². The molecule has 4 aromatic rings. The fourth-order valence-electron chi connectivity index (χ4n) is 7.02. The molecule has 0 spiro atoms. The van der Waals surface area contributed by atoms with Gasteiger partial charge in [0.05, 0.1) is 12.9 Å². The Hall–Kier alpha value is -5.61. The lowest BCUT2D eigenvalue weighted by Gasteiger charge is -2.31. The second-order valence-corrected chi connectivity index (χ2v) is 16.9. The van der Waals surface area contributed by atoms with Gasteiger partial charge in [-0.2, -0.15) is 19.4 Å². The summed E-state index contributed by atoms with van der Waals surface area (Å²) in [6.07, 6.45) is 7.34. The number of nitrogens with zero attached hydrogens (tertiary/aromatic N) is 6. The van der Waals surface area contributed by atoms with Gasteiger partial charge in [0.2, 0.25) is 5.82 Å². The third-order valence-electron chi connectivity index (χ3n) is 10.6. The summed E-state index contributed by atoms with van der Waals surface area (Å²) in [5, 5.41) is 9.44. The number of carbonyl (C=O) groups excluding carboxylic acids is 2. The third kappa shape index (κ3) is 13.2. The number of para-hydroxylation sites is 1. The molecule has 0 saturated carbocycles. The molecule has 3 N–H and O–H groups in total. The number of benzene rings is 2. The zero-order valence-corrected chi connectivity index (χ0v) is 37.1. The average molecular weight is 915 g/mol. The highest BCUT2D eigenvalue weighted by Gasteiger charge is 2.54. The molecular formula is C43H54F3N8O9P. The molecule has 0 aliphatic carbocycles. The molecule has 5 atom stereocenters. The largest absolute Gasteiger partial charge is 0.508 e. The van der Waals surface area contributed by atoms with Gasteiger partial charge < -0.3 is 29.3 Å². The Kier molecular flexibility index (Phi) is 18.0. The van der Waals surface area contributed by atoms with Gasteiger partial charge in [0.1, 0.15) is 42.4 Å². The zero-order valence-electron chi connectivity index (χ0n) is 36.2. The third-order valence-corrected chi connectivity index (χ3v) is 12.2. The molecule has 1 saturated heterocycles. The maximum atomic E-state index is 15.1. The average Bonchev–Trinajstić information content (AvgIpc) is 3.85. The highest BCUT2D eigenvalue weighted by atomic mass is 31.2. The molecule has 0 unspecified atom stereocenters. The van der Waals surface area contributed by atoms with Gasteiger partial charge in [-0.15, -0.1) is 11.5 Å². The van der Waals surface area contributed by atoms with Gasteiger partial charge in [-0.3, -0.25) is 13.9 Å². The van der Waals surface area contributed by atoms with Crippen LogP contribution in [0.25, 0.3) is 11.2 Å². The number of unbranched alkanes of at least 4 members (excludes halogenated alkanes) is 2. The van der Waals surface area contributed by atoms with Crippen molar-refractivity contribution in [3.8, 4) is 18.1 Å². The van der Waals surface area contributed by atoms with Crippen molar-refractivity contribution in [1.29, 1.82) is 0 Å². The van der Waals surface area contributed by atoms with Crippen LogP contribution in [0, 0.1) is 36.0 Å². The minimum Gasteiger partial charge on any atom is -0.464 e. The number of halogens is 3. The summed E-state index contributed by atoms with van der Waals surface area (Å²) in [7, 11) is -4.84. The van der Waals surface area contributed by atoms with Crippen molar-refractivity contribution in [2.24, 2.45) is 22.1 Å². The Morgan fingerprint density at radius 2 is 1.75 bits per heavy atom. The first kappa shape index (κ1) is 49.4. The molecule has 1 aliphatic rings. The van der Waals surface area contributed by atoms with Gasteiger partial charge >= 0.3 is 25.9 Å². The SMILES string of the molecule is C#C[C@]1(CO[P@@](=O)(N[C@@H](Cc2cc(F)cc(F)c2)C(=O)OCC(CC)CC)Oc2ccccc2)O[C@@H](n2cnc3c(N=NN)nc(F)nc32)C[C@@H]1OC(=O)OC(CCCC)CCCC. The smallest absolute Gasteiger partial charge is 0.464 e. The topological polar surface area (TPSA) is 213 Å². The summed E-state index contributed by atoms with van der Waals surface area (Å²) >= 11 is 0. The van der Waals surface area contributed by atoms with Crippen molar-refractivity contribution < 1.29 is 55.3 Å². The first-order chi connectivity index (χ1) is 30.8. The van der Waals surface area contributed by atoms with Crippen LogP contribution in [0.1, 0.15) is 97.3 Å². The number of ether oxygens (including phenoxy) is 4. The Morgan fingerprint density at radius 3 is 2.38 bits per heavy atom. The number of terminal acetylenes is 1. The number of esters is 1. The molecule has 2 aromatic carbocycles. The van der Waals surface area contributed by atoms with Gasteiger partial charge in [0, 0.05) is 12.5 Å². The Bertz CT molecular complexity index is 2270. The standard InChI is InChI=1S/C43H54F3N8O9P/c1-6-11-16-32(17-12-7-2)60-42(56)61-35-24-36(54-27-48-37-38(51-53-47)49-41(46)50-39(37)54)62-43(35,10-5)26-59-64(57,63-33-18-14-13-15-19-33)52-34(40(55)58-25-28(8-3)9-4)22-29-20-30(44)23-31(45)21-29/h5,13-15,18-21,23,27-28,32,34-36H,6-9,11-12,16-17,22,24-26H2,1-4H3,(H,52,57)(H2,47,49,50,51)/t34-,35-,36+,43+,64-/m0/s1. The molecule has 2 aromatic heterocycles. The first-order valence-corrected chi connectivity index (χ1v) is 22.7. The molecule has 0 amide bonds. The number of hydrogen-bond donors (Lipinski definition) is 2. The van der Waals surface area contributed by atoms with E-state index in [1.54, 1.807) is 18.2 Å². The summed E-state index contributed by atoms with van der Waals surface area (Å²) in [6.45, 7) is 7.06. The van der Waals surface area contributed by atoms with Gasteiger partial charge in [-0.05, 0) is 55.0 Å². The fourth-order valence-corrected chi connectivity index (χ4v) is 8.54. The number of aromatic nitrogens is 4. The van der Waals surface area contributed by atoms with Crippen LogP contribution in [0.15, 0.2) is 65.2 Å². The van der Waals surface area contributed by atoms with Crippen LogP contribution in [0.5, 0.6) is 5.75 Å². The predicted octanol–water partition coefficient (Wildman–Crippen LogP) is 9.15. The van der Waals surface area contributed by atoms with Crippen LogP contribution in [-0.2, 0) is 39.3 Å². The number of nitrogens with one attached hydrogen (secondary N) is 1. The van der Waals surface area contributed by atoms with Crippen LogP contribution in [0.4, 0.5) is 23.8 Å². The molecule has 1 aliphatic heterocycles. The predicted molar refractivity (Wildman–Crippen MR) is 227 cm³/mol. The van der Waals surface area contributed by atoms with Crippen molar-refractivity contribution in [1.82, 2.24) is 24.6 Å². The highest BCUT2D eigenvalue weighted by molar-refractivity contribution is 7.52. The normalized spacial score (nSPS) is 18.9. The Balaban J connectivity index is 1.53. The maximum absolute atomic E-state index is 15.1. The molecule has 64 heavy (non-hydrogen) atoms. The van der Waals surface area contributed by atoms with Gasteiger partial charge in [-0.1, -0.05) is 95.6 Å². The quantitative estimate of drug-likeness (QED) is 0.0128. The van der Waals surface area contributed by atoms with Crippen LogP contribution >= 0.6 is 7.75 Å². The highest BCUT2D eigenvalue weighted by Crippen LogP contribution is 2.49. The summed E-state index contributed by atoms with van der Waals surface area (Å²) in [5.74, 6) is 4.72. The fraction of sp³-hybridized carbons (Fsp3) is 0.512. The van der Waals surface area contributed by atoms with Gasteiger partial charge in [-0.25, -0.2) is 23.1 Å². The molecule has 17 nitrogen and oxygen atoms in total. The van der Waals surface area contributed by atoms with Gasteiger partial charge in [0.15, 0.2) is 22.9 Å². The zero-order chi connectivity index (χ0) is 46.3. The Labute approximate surface area is 369 Å². The maximum Gasteiger partial charge on any atom is 0.508 e. The molecular weight excluding hydrogens is 860 g/mol. The second kappa shape index (κ2) is 23.4. The van der Waals surface area contributed by atoms with Gasteiger partial charge in [0.25, 0.3) is 0 Å². The van der Waals surface area contributed by atoms with E-state index in [1.165, 1.54) is 23.0 Å². The summed E-state index contributed by atoms with van der Waals surface area (Å²) in [4.78, 5) is 39.1. The van der Waals surface area contributed by atoms with E-state index in [-0.39, 0.29) is 47.2 Å².